The Kier molecular flexibility index (Phi) is 4.06. The Morgan fingerprint density at radius 2 is 1.52 bits per heavy atom. The van der Waals surface area contributed by atoms with Crippen molar-refractivity contribution in [2.75, 3.05) is 16.8 Å². The molecule has 0 N–H and O–H groups in total. The highest BCUT2D eigenvalue weighted by Gasteiger charge is 2.39. The van der Waals surface area contributed by atoms with Crippen molar-refractivity contribution in [1.29, 1.82) is 0 Å². The van der Waals surface area contributed by atoms with E-state index in [1.165, 1.54) is 44.8 Å². The van der Waals surface area contributed by atoms with Crippen molar-refractivity contribution in [2.24, 2.45) is 7.05 Å². The molecule has 0 spiro atoms. The van der Waals surface area contributed by atoms with Gasteiger partial charge in [-0.3, -0.25) is 0 Å². The molecule has 1 aliphatic rings. The minimum Gasteiger partial charge on any atom is -0.333 e. The van der Waals surface area contributed by atoms with Crippen LogP contribution in [-0.4, -0.2) is 13.2 Å². The van der Waals surface area contributed by atoms with Crippen LogP contribution in [0.25, 0.3) is 22.0 Å². The minimum atomic E-state index is 0.256. The lowest BCUT2D eigenvalue weighted by Gasteiger charge is -2.22. The van der Waals surface area contributed by atoms with Crippen LogP contribution in [0.3, 0.4) is 0 Å². The van der Waals surface area contributed by atoms with Gasteiger partial charge in [-0.15, -0.1) is 0 Å². The van der Waals surface area contributed by atoms with E-state index in [0.29, 0.717) is 0 Å². The summed E-state index contributed by atoms with van der Waals surface area (Å²) in [6.45, 7) is 4.49. The lowest BCUT2D eigenvalue weighted by atomic mass is 9.97. The molecule has 0 saturated carbocycles. The van der Waals surface area contributed by atoms with Crippen LogP contribution in [0.4, 0.5) is 17.2 Å². The molecule has 0 aliphatic carbocycles. The zero-order chi connectivity index (χ0) is 20.1. The molecule has 0 saturated heterocycles. The second-order valence-electron chi connectivity index (χ2n) is 7.89. The minimum absolute atomic E-state index is 0.256. The maximum absolute atomic E-state index is 2.43. The standard InChI is InChI=1S/C26H26N3/c1-18-21-11-6-5-10-20(21)16-17-22(18)23-14-9-15-26(28(23)4)29-19(2)27(3)24-12-7-8-13-25(24)29/h5-17,19H,1-4H3/q+1/t19-/m0/s1. The highest BCUT2D eigenvalue weighted by molar-refractivity contribution is 5.90. The molecule has 0 bridgehead atoms. The van der Waals surface area contributed by atoms with E-state index in [4.69, 9.17) is 0 Å². The van der Waals surface area contributed by atoms with Gasteiger partial charge in [0.05, 0.1) is 12.7 Å². The van der Waals surface area contributed by atoms with E-state index >= 15 is 0 Å². The number of benzene rings is 3. The average Bonchev–Trinajstić information content (AvgIpc) is 3.00. The monoisotopic (exact) mass is 380 g/mol. The van der Waals surface area contributed by atoms with Crippen molar-refractivity contribution in [3.05, 3.63) is 84.4 Å². The molecule has 29 heavy (non-hydrogen) atoms. The number of aryl methyl sites for hydroxylation is 1. The summed E-state index contributed by atoms with van der Waals surface area (Å²) in [4.78, 5) is 4.76. The molecule has 0 unspecified atom stereocenters. The van der Waals surface area contributed by atoms with Crippen LogP contribution in [-0.2, 0) is 7.05 Å². The Labute approximate surface area is 172 Å². The SMILES string of the molecule is Cc1c(-c2cccc(N3c4ccccc4N(C)[C@@H]3C)[n+]2C)ccc2ccccc12. The first-order valence-electron chi connectivity index (χ1n) is 10.2. The van der Waals surface area contributed by atoms with Crippen molar-refractivity contribution in [1.82, 2.24) is 0 Å². The molecule has 1 aliphatic heterocycles. The van der Waals surface area contributed by atoms with Crippen molar-refractivity contribution >= 4 is 28.0 Å². The van der Waals surface area contributed by atoms with Gasteiger partial charge in [0.25, 0.3) is 5.82 Å². The summed E-state index contributed by atoms with van der Waals surface area (Å²) in [5.74, 6) is 1.19. The maximum Gasteiger partial charge on any atom is 0.283 e. The van der Waals surface area contributed by atoms with E-state index in [1.54, 1.807) is 0 Å². The normalized spacial score (nSPS) is 15.8. The molecule has 1 atom stereocenters. The maximum atomic E-state index is 2.43. The van der Waals surface area contributed by atoms with Crippen LogP contribution < -0.4 is 14.4 Å². The van der Waals surface area contributed by atoms with Gasteiger partial charge in [-0.2, -0.15) is 0 Å². The first-order valence-corrected chi connectivity index (χ1v) is 10.2. The molecule has 3 nitrogen and oxygen atoms in total. The predicted octanol–water partition coefficient (Wildman–Crippen LogP) is 5.57. The van der Waals surface area contributed by atoms with Gasteiger partial charge in [0.15, 0.2) is 11.9 Å². The zero-order valence-corrected chi connectivity index (χ0v) is 17.4. The Balaban J connectivity index is 1.69. The van der Waals surface area contributed by atoms with E-state index in [2.05, 4.69) is 121 Å². The Morgan fingerprint density at radius 3 is 2.34 bits per heavy atom. The Bertz CT molecular complexity index is 1230. The molecule has 5 rings (SSSR count). The molecular weight excluding hydrogens is 354 g/mol. The summed E-state index contributed by atoms with van der Waals surface area (Å²) in [5, 5.41) is 2.60. The van der Waals surface area contributed by atoms with E-state index in [0.717, 1.165) is 0 Å². The van der Waals surface area contributed by atoms with Gasteiger partial charge >= 0.3 is 0 Å². The topological polar surface area (TPSA) is 10.4 Å². The van der Waals surface area contributed by atoms with Gasteiger partial charge in [0.1, 0.15) is 5.69 Å². The van der Waals surface area contributed by atoms with Gasteiger partial charge in [-0.25, -0.2) is 9.47 Å². The van der Waals surface area contributed by atoms with Crippen LogP contribution in [0.1, 0.15) is 12.5 Å². The third-order valence-corrected chi connectivity index (χ3v) is 6.38. The number of pyridine rings is 1. The third-order valence-electron chi connectivity index (χ3n) is 6.38. The molecule has 0 fully saturated rings. The fraction of sp³-hybridized carbons (Fsp3) is 0.192. The summed E-state index contributed by atoms with van der Waals surface area (Å²) < 4.78 is 2.32. The van der Waals surface area contributed by atoms with Crippen LogP contribution >= 0.6 is 0 Å². The quantitative estimate of drug-likeness (QED) is 0.421. The number of nitrogens with zero attached hydrogens (tertiary/aromatic N) is 3. The van der Waals surface area contributed by atoms with Crippen molar-refractivity contribution in [3.8, 4) is 11.3 Å². The number of hydrogen-bond donors (Lipinski definition) is 0. The van der Waals surface area contributed by atoms with E-state index in [-0.39, 0.29) is 6.17 Å². The lowest BCUT2D eigenvalue weighted by molar-refractivity contribution is -0.647. The Morgan fingerprint density at radius 1 is 0.793 bits per heavy atom. The van der Waals surface area contributed by atoms with Gasteiger partial charge < -0.3 is 4.90 Å². The summed E-state index contributed by atoms with van der Waals surface area (Å²) in [6, 6.07) is 28.3. The molecule has 2 heterocycles. The van der Waals surface area contributed by atoms with E-state index in [1.807, 2.05) is 0 Å². The van der Waals surface area contributed by atoms with E-state index in [9.17, 15) is 0 Å². The highest BCUT2D eigenvalue weighted by Crippen LogP contribution is 2.42. The number of para-hydroxylation sites is 2. The molecule has 0 radical (unpaired) electrons. The fourth-order valence-electron chi connectivity index (χ4n) is 4.65. The smallest absolute Gasteiger partial charge is 0.283 e. The van der Waals surface area contributed by atoms with Crippen LogP contribution in [0, 0.1) is 6.92 Å². The van der Waals surface area contributed by atoms with Gasteiger partial charge in [0.2, 0.25) is 0 Å². The van der Waals surface area contributed by atoms with Crippen LogP contribution in [0.2, 0.25) is 0 Å². The first-order chi connectivity index (χ1) is 14.1. The summed E-state index contributed by atoms with van der Waals surface area (Å²) in [6.07, 6.45) is 0.256. The van der Waals surface area contributed by atoms with Crippen molar-refractivity contribution in [2.45, 2.75) is 20.0 Å². The number of fused-ring (bicyclic) bond motifs is 2. The number of aromatic nitrogens is 1. The van der Waals surface area contributed by atoms with Gasteiger partial charge in [0, 0.05) is 18.7 Å². The average molecular weight is 381 g/mol. The zero-order valence-electron chi connectivity index (χ0n) is 17.4. The molecule has 1 aromatic heterocycles. The molecule has 0 amide bonds. The third kappa shape index (κ3) is 2.61. The number of anilines is 3. The summed E-state index contributed by atoms with van der Waals surface area (Å²) in [7, 11) is 4.34. The summed E-state index contributed by atoms with van der Waals surface area (Å²) >= 11 is 0. The molecular formula is C26H26N3+. The second kappa shape index (κ2) is 6.63. The van der Waals surface area contributed by atoms with Crippen molar-refractivity contribution in [3.63, 3.8) is 0 Å². The van der Waals surface area contributed by atoms with Gasteiger partial charge in [-0.1, -0.05) is 42.5 Å². The Hall–Kier alpha value is -3.33. The fourth-order valence-corrected chi connectivity index (χ4v) is 4.65. The van der Waals surface area contributed by atoms with Crippen molar-refractivity contribution < 1.29 is 4.57 Å². The number of hydrogen-bond acceptors (Lipinski definition) is 2. The van der Waals surface area contributed by atoms with Gasteiger partial charge in [-0.05, 0) is 60.5 Å². The number of rotatable bonds is 2. The summed E-state index contributed by atoms with van der Waals surface area (Å²) in [5.41, 5.74) is 6.35. The lowest BCUT2D eigenvalue weighted by Crippen LogP contribution is -2.44. The largest absolute Gasteiger partial charge is 0.333 e. The second-order valence-corrected chi connectivity index (χ2v) is 7.89. The predicted molar refractivity (Wildman–Crippen MR) is 122 cm³/mol. The molecule has 144 valence electrons. The highest BCUT2D eigenvalue weighted by atomic mass is 15.4. The van der Waals surface area contributed by atoms with E-state index < -0.39 is 0 Å². The van der Waals surface area contributed by atoms with Crippen LogP contribution in [0.15, 0.2) is 78.9 Å². The first kappa shape index (κ1) is 17.7. The molecule has 4 aromatic rings. The molecule has 3 aromatic carbocycles. The molecule has 3 heteroatoms. The van der Waals surface area contributed by atoms with Crippen LogP contribution in [0.5, 0.6) is 0 Å².